The second kappa shape index (κ2) is 4.67. The highest BCUT2D eigenvalue weighted by atomic mass is 127. The third kappa shape index (κ3) is 2.20. The van der Waals surface area contributed by atoms with Gasteiger partial charge in [-0.25, -0.2) is 4.98 Å². The van der Waals surface area contributed by atoms with Crippen LogP contribution in [0.1, 0.15) is 5.69 Å². The van der Waals surface area contributed by atoms with Gasteiger partial charge in [0.05, 0.1) is 9.26 Å². The first-order valence-corrected chi connectivity index (χ1v) is 6.48. The van der Waals surface area contributed by atoms with E-state index in [0.717, 1.165) is 15.7 Å². The molecule has 0 aliphatic heterocycles. The maximum absolute atomic E-state index is 11.6. The van der Waals surface area contributed by atoms with Gasteiger partial charge in [-0.1, -0.05) is 34.1 Å². The number of benzene rings is 1. The van der Waals surface area contributed by atoms with Crippen molar-refractivity contribution in [2.45, 2.75) is 6.92 Å². The summed E-state index contributed by atoms with van der Waals surface area (Å²) >= 11 is 5.43. The summed E-state index contributed by atoms with van der Waals surface area (Å²) in [5, 5.41) is 0. The summed E-state index contributed by atoms with van der Waals surface area (Å²) in [5.74, 6) is 0.593. The minimum Gasteiger partial charge on any atom is -0.306 e. The predicted molar refractivity (Wildman–Crippen MR) is 75.4 cm³/mol. The largest absolute Gasteiger partial charge is 0.306 e. The molecule has 0 bridgehead atoms. The Bertz CT molecular complexity index is 595. The molecule has 1 N–H and O–H groups in total. The summed E-state index contributed by atoms with van der Waals surface area (Å²) in [7, 11) is 0. The maximum Gasteiger partial charge on any atom is 0.264 e. The van der Waals surface area contributed by atoms with Gasteiger partial charge >= 0.3 is 0 Å². The average Bonchev–Trinajstić information content (AvgIpc) is 2.26. The molecule has 0 saturated heterocycles. The number of halogens is 2. The van der Waals surface area contributed by atoms with Gasteiger partial charge in [0.15, 0.2) is 0 Å². The number of H-pyrrole nitrogens is 1. The average molecular weight is 391 g/mol. The van der Waals surface area contributed by atoms with Crippen molar-refractivity contribution in [1.82, 2.24) is 9.97 Å². The van der Waals surface area contributed by atoms with E-state index in [4.69, 9.17) is 0 Å². The van der Waals surface area contributed by atoms with Crippen molar-refractivity contribution in [2.24, 2.45) is 0 Å². The molecular formula is C11H8BrIN2O. The van der Waals surface area contributed by atoms with Gasteiger partial charge in [-0.3, -0.25) is 4.79 Å². The van der Waals surface area contributed by atoms with Crippen LogP contribution in [0.15, 0.2) is 33.5 Å². The molecule has 16 heavy (non-hydrogen) atoms. The quantitative estimate of drug-likeness (QED) is 0.760. The number of nitrogens with one attached hydrogen (secondary N) is 1. The molecule has 2 aromatic rings. The molecule has 82 valence electrons. The van der Waals surface area contributed by atoms with Gasteiger partial charge in [0.25, 0.3) is 5.56 Å². The highest BCUT2D eigenvalue weighted by molar-refractivity contribution is 14.1. The van der Waals surface area contributed by atoms with Gasteiger partial charge in [-0.15, -0.1) is 0 Å². The Labute approximate surface area is 115 Å². The molecule has 0 spiro atoms. The number of hydrogen-bond donors (Lipinski definition) is 1. The van der Waals surface area contributed by atoms with Crippen LogP contribution in [0.25, 0.3) is 11.4 Å². The second-order valence-corrected chi connectivity index (χ2v) is 5.23. The molecule has 1 heterocycles. The van der Waals surface area contributed by atoms with E-state index in [9.17, 15) is 4.79 Å². The van der Waals surface area contributed by atoms with Crippen LogP contribution in [0.2, 0.25) is 0 Å². The highest BCUT2D eigenvalue weighted by Gasteiger charge is 2.08. The fourth-order valence-electron chi connectivity index (χ4n) is 1.35. The van der Waals surface area contributed by atoms with E-state index in [1.807, 2.05) is 53.8 Å². The van der Waals surface area contributed by atoms with Crippen LogP contribution in [0.5, 0.6) is 0 Å². The van der Waals surface area contributed by atoms with Crippen LogP contribution < -0.4 is 5.56 Å². The zero-order valence-corrected chi connectivity index (χ0v) is 12.2. The molecule has 5 heteroatoms. The Morgan fingerprint density at radius 3 is 2.69 bits per heavy atom. The van der Waals surface area contributed by atoms with E-state index in [-0.39, 0.29) is 5.56 Å². The number of aromatic amines is 1. The van der Waals surface area contributed by atoms with Crippen LogP contribution in [-0.4, -0.2) is 9.97 Å². The molecule has 0 radical (unpaired) electrons. The van der Waals surface area contributed by atoms with E-state index in [0.29, 0.717) is 9.39 Å². The van der Waals surface area contributed by atoms with Crippen molar-refractivity contribution in [3.63, 3.8) is 0 Å². The Hall–Kier alpha value is -0.690. The highest BCUT2D eigenvalue weighted by Crippen LogP contribution is 2.24. The first kappa shape index (κ1) is 11.8. The van der Waals surface area contributed by atoms with E-state index >= 15 is 0 Å². The van der Waals surface area contributed by atoms with E-state index < -0.39 is 0 Å². The van der Waals surface area contributed by atoms with Crippen molar-refractivity contribution in [3.05, 3.63) is 48.4 Å². The van der Waals surface area contributed by atoms with Crippen LogP contribution in [0.4, 0.5) is 0 Å². The van der Waals surface area contributed by atoms with Gasteiger partial charge in [0.1, 0.15) is 5.82 Å². The molecule has 2 rings (SSSR count). The minimum atomic E-state index is -0.0983. The van der Waals surface area contributed by atoms with Crippen LogP contribution in [0, 0.1) is 10.5 Å². The number of nitrogens with zero attached hydrogens (tertiary/aromatic N) is 1. The summed E-state index contributed by atoms with van der Waals surface area (Å²) in [4.78, 5) is 18.8. The van der Waals surface area contributed by atoms with Crippen molar-refractivity contribution in [3.8, 4) is 11.4 Å². The lowest BCUT2D eigenvalue weighted by Gasteiger charge is -2.05. The Balaban J connectivity index is 2.67. The van der Waals surface area contributed by atoms with Crippen LogP contribution >= 0.6 is 38.5 Å². The third-order valence-corrected chi connectivity index (χ3v) is 4.12. The standard InChI is InChI=1S/C11H8BrIN2O/c1-6-9(13)11(16)15-10(14-6)7-4-2-3-5-8(7)12/h2-5H,1H3,(H,14,15,16). The van der Waals surface area contributed by atoms with Crippen molar-refractivity contribution < 1.29 is 0 Å². The van der Waals surface area contributed by atoms with Gasteiger partial charge in [-0.2, -0.15) is 0 Å². The number of rotatable bonds is 1. The van der Waals surface area contributed by atoms with Crippen LogP contribution in [-0.2, 0) is 0 Å². The van der Waals surface area contributed by atoms with E-state index in [1.54, 1.807) is 0 Å². The molecule has 0 atom stereocenters. The van der Waals surface area contributed by atoms with Crippen molar-refractivity contribution in [1.29, 1.82) is 0 Å². The Kier molecular flexibility index (Phi) is 3.44. The van der Waals surface area contributed by atoms with Gasteiger partial charge in [0.2, 0.25) is 0 Å². The lowest BCUT2D eigenvalue weighted by Crippen LogP contribution is -2.14. The molecule has 3 nitrogen and oxygen atoms in total. The van der Waals surface area contributed by atoms with Gasteiger partial charge in [-0.05, 0) is 35.6 Å². The summed E-state index contributed by atoms with van der Waals surface area (Å²) in [6.07, 6.45) is 0. The predicted octanol–water partition coefficient (Wildman–Crippen LogP) is 3.11. The first-order chi connectivity index (χ1) is 7.59. The zero-order valence-electron chi connectivity index (χ0n) is 8.42. The fraction of sp³-hybridized carbons (Fsp3) is 0.0909. The van der Waals surface area contributed by atoms with Gasteiger partial charge in [0, 0.05) is 10.0 Å². The Morgan fingerprint density at radius 1 is 1.38 bits per heavy atom. The second-order valence-electron chi connectivity index (χ2n) is 3.29. The molecule has 0 aliphatic rings. The van der Waals surface area contributed by atoms with Crippen molar-refractivity contribution in [2.75, 3.05) is 0 Å². The topological polar surface area (TPSA) is 45.8 Å². The SMILES string of the molecule is Cc1nc(-c2ccccc2Br)[nH]c(=O)c1I. The molecule has 1 aromatic heterocycles. The number of aryl methyl sites for hydroxylation is 1. The number of aromatic nitrogens is 2. The summed E-state index contributed by atoms with van der Waals surface area (Å²) < 4.78 is 1.55. The minimum absolute atomic E-state index is 0.0983. The monoisotopic (exact) mass is 390 g/mol. The molecule has 0 aliphatic carbocycles. The number of hydrogen-bond acceptors (Lipinski definition) is 2. The lowest BCUT2D eigenvalue weighted by molar-refractivity contribution is 1.05. The molecule has 0 fully saturated rings. The normalized spacial score (nSPS) is 10.4. The zero-order chi connectivity index (χ0) is 11.7. The molecule has 0 amide bonds. The van der Waals surface area contributed by atoms with Crippen LogP contribution in [0.3, 0.4) is 0 Å². The Morgan fingerprint density at radius 2 is 2.06 bits per heavy atom. The van der Waals surface area contributed by atoms with E-state index in [1.165, 1.54) is 0 Å². The maximum atomic E-state index is 11.6. The third-order valence-electron chi connectivity index (χ3n) is 2.16. The van der Waals surface area contributed by atoms with Gasteiger partial charge < -0.3 is 4.98 Å². The van der Waals surface area contributed by atoms with E-state index in [2.05, 4.69) is 25.9 Å². The molecule has 0 unspecified atom stereocenters. The fourth-order valence-corrected chi connectivity index (χ4v) is 2.08. The summed E-state index contributed by atoms with van der Waals surface area (Å²) in [6.45, 7) is 1.83. The molecular weight excluding hydrogens is 383 g/mol. The molecule has 1 aromatic carbocycles. The summed E-state index contributed by atoms with van der Waals surface area (Å²) in [5.41, 5.74) is 1.54. The summed E-state index contributed by atoms with van der Waals surface area (Å²) in [6, 6.07) is 7.66. The lowest BCUT2D eigenvalue weighted by atomic mass is 10.2. The molecule has 0 saturated carbocycles. The smallest absolute Gasteiger partial charge is 0.264 e. The first-order valence-electron chi connectivity index (χ1n) is 4.61. The van der Waals surface area contributed by atoms with Crippen molar-refractivity contribution >= 4 is 38.5 Å².